The number of piperazine rings is 1. The first-order chi connectivity index (χ1) is 16.8. The third-order valence-corrected chi connectivity index (χ3v) is 8.10. The molecule has 0 radical (unpaired) electrons. The van der Waals surface area contributed by atoms with Crippen molar-refractivity contribution in [3.05, 3.63) is 35.9 Å². The Bertz CT molecular complexity index is 1150. The van der Waals surface area contributed by atoms with Gasteiger partial charge >= 0.3 is 0 Å². The quantitative estimate of drug-likeness (QED) is 0.345. The van der Waals surface area contributed by atoms with Crippen molar-refractivity contribution in [2.45, 2.75) is 56.5 Å². The van der Waals surface area contributed by atoms with Gasteiger partial charge in [0.2, 0.25) is 0 Å². The number of rotatable bonds is 8. The molecule has 2 aliphatic rings. The minimum Gasteiger partial charge on any atom is -0.354 e. The van der Waals surface area contributed by atoms with E-state index in [1.807, 2.05) is 19.3 Å². The summed E-state index contributed by atoms with van der Waals surface area (Å²) in [6.07, 6.45) is 5.66. The second-order valence-corrected chi connectivity index (χ2v) is 12.0. The van der Waals surface area contributed by atoms with E-state index in [4.69, 9.17) is 9.97 Å². The first-order valence-corrected chi connectivity index (χ1v) is 13.8. The molecule has 1 saturated carbocycles. The van der Waals surface area contributed by atoms with Gasteiger partial charge in [0.25, 0.3) is 0 Å². The lowest BCUT2D eigenvalue weighted by atomic mass is 9.91. The molecule has 0 unspecified atom stereocenters. The zero-order chi connectivity index (χ0) is 24.6. The predicted octanol–water partition coefficient (Wildman–Crippen LogP) is 4.09. The first kappa shape index (κ1) is 24.3. The van der Waals surface area contributed by atoms with Crippen LogP contribution < -0.4 is 4.90 Å². The molecule has 8 nitrogen and oxygen atoms in total. The van der Waals surface area contributed by atoms with Gasteiger partial charge in [0, 0.05) is 69.6 Å². The summed E-state index contributed by atoms with van der Waals surface area (Å²) in [6, 6.07) is 6.34. The number of anilines is 1. The van der Waals surface area contributed by atoms with Gasteiger partial charge in [0.1, 0.15) is 11.6 Å². The number of hydrogen-bond donors (Lipinski definition) is 0. The average molecular weight is 495 g/mol. The predicted molar refractivity (Wildman–Crippen MR) is 142 cm³/mol. The molecule has 1 aliphatic carbocycles. The highest BCUT2D eigenvalue weighted by atomic mass is 32.2. The maximum Gasteiger partial charge on any atom is 0.191 e. The summed E-state index contributed by atoms with van der Waals surface area (Å²) in [6.45, 7) is 12.1. The molecule has 0 aromatic carbocycles. The van der Waals surface area contributed by atoms with Crippen molar-refractivity contribution < 1.29 is 0 Å². The zero-order valence-electron chi connectivity index (χ0n) is 21.7. The number of hydrogen-bond acceptors (Lipinski definition) is 7. The van der Waals surface area contributed by atoms with Gasteiger partial charge < -0.3 is 14.0 Å². The summed E-state index contributed by atoms with van der Waals surface area (Å²) >= 11 is 1.80. The van der Waals surface area contributed by atoms with Crippen LogP contribution in [0, 0.1) is 0 Å². The number of aryl methyl sites for hydroxylation is 1. The summed E-state index contributed by atoms with van der Waals surface area (Å²) in [5.74, 6) is 4.72. The normalized spacial score (nSPS) is 17.3. The van der Waals surface area contributed by atoms with E-state index < -0.39 is 0 Å². The molecule has 0 spiro atoms. The molecule has 35 heavy (non-hydrogen) atoms. The SMILES string of the molecule is Cn1cccc1-c1nnc(SCCCN2CCN(c3cc(C(C)(C)C)nc(C4CC4)n3)CC2)n1C. The molecule has 9 heteroatoms. The lowest BCUT2D eigenvalue weighted by Gasteiger charge is -2.36. The van der Waals surface area contributed by atoms with Gasteiger partial charge in [-0.3, -0.25) is 4.90 Å². The van der Waals surface area contributed by atoms with Crippen LogP contribution in [0.1, 0.15) is 57.5 Å². The maximum atomic E-state index is 4.98. The fraction of sp³-hybridized carbons (Fsp3) is 0.615. The van der Waals surface area contributed by atoms with Crippen LogP contribution in [0.25, 0.3) is 11.5 Å². The minimum absolute atomic E-state index is 0.0468. The van der Waals surface area contributed by atoms with E-state index in [-0.39, 0.29) is 5.41 Å². The molecule has 188 valence electrons. The van der Waals surface area contributed by atoms with Gasteiger partial charge in [-0.25, -0.2) is 9.97 Å². The van der Waals surface area contributed by atoms with Crippen LogP contribution in [0.5, 0.6) is 0 Å². The van der Waals surface area contributed by atoms with Crippen molar-refractivity contribution in [2.24, 2.45) is 14.1 Å². The molecule has 0 amide bonds. The molecule has 0 bridgehead atoms. The van der Waals surface area contributed by atoms with Gasteiger partial charge in [-0.15, -0.1) is 10.2 Å². The molecule has 5 rings (SSSR count). The van der Waals surface area contributed by atoms with Crippen molar-refractivity contribution in [1.29, 1.82) is 0 Å². The third-order valence-electron chi connectivity index (χ3n) is 6.99. The molecular formula is C26H38N8S. The Labute approximate surface area is 213 Å². The van der Waals surface area contributed by atoms with Gasteiger partial charge in [0.05, 0.1) is 11.4 Å². The molecule has 0 N–H and O–H groups in total. The van der Waals surface area contributed by atoms with E-state index in [1.54, 1.807) is 11.8 Å². The van der Waals surface area contributed by atoms with Crippen molar-refractivity contribution in [2.75, 3.05) is 43.4 Å². The third kappa shape index (κ3) is 5.56. The highest BCUT2D eigenvalue weighted by Crippen LogP contribution is 2.39. The number of thioether (sulfide) groups is 1. The van der Waals surface area contributed by atoms with Crippen molar-refractivity contribution >= 4 is 17.6 Å². The van der Waals surface area contributed by atoms with Gasteiger partial charge in [-0.2, -0.15) is 0 Å². The Morgan fingerprint density at radius 3 is 2.46 bits per heavy atom. The van der Waals surface area contributed by atoms with E-state index in [9.17, 15) is 0 Å². The second kappa shape index (κ2) is 9.93. The van der Waals surface area contributed by atoms with Crippen LogP contribution in [0.4, 0.5) is 5.82 Å². The van der Waals surface area contributed by atoms with Gasteiger partial charge in [0.15, 0.2) is 11.0 Å². The van der Waals surface area contributed by atoms with Crippen LogP contribution in [-0.4, -0.2) is 72.7 Å². The lowest BCUT2D eigenvalue weighted by molar-refractivity contribution is 0.258. The standard InChI is InChI=1S/C26H38N8S/c1-26(2,3)21-18-22(28-23(27-21)19-9-10-19)34-15-13-33(14-16-34)12-7-17-35-25-30-29-24(32(25)5)20-8-6-11-31(20)4/h6,8,11,18-19H,7,9-10,12-17H2,1-5H3. The van der Waals surface area contributed by atoms with E-state index in [0.717, 1.165) is 73.2 Å². The minimum atomic E-state index is 0.0468. The smallest absolute Gasteiger partial charge is 0.191 e. The van der Waals surface area contributed by atoms with E-state index in [0.29, 0.717) is 5.92 Å². The highest BCUT2D eigenvalue weighted by Gasteiger charge is 2.30. The van der Waals surface area contributed by atoms with E-state index >= 15 is 0 Å². The summed E-state index contributed by atoms with van der Waals surface area (Å²) in [7, 11) is 4.09. The molecule has 3 aromatic rings. The van der Waals surface area contributed by atoms with Crippen molar-refractivity contribution in [1.82, 2.24) is 34.2 Å². The molecule has 0 atom stereocenters. The summed E-state index contributed by atoms with van der Waals surface area (Å²) in [5, 5.41) is 9.81. The molecule has 4 heterocycles. The Kier molecular flexibility index (Phi) is 6.90. The molecular weight excluding hydrogens is 456 g/mol. The van der Waals surface area contributed by atoms with E-state index in [1.165, 1.54) is 18.5 Å². The largest absolute Gasteiger partial charge is 0.354 e. The monoisotopic (exact) mass is 494 g/mol. The Balaban J connectivity index is 1.11. The Morgan fingerprint density at radius 1 is 1.03 bits per heavy atom. The van der Waals surface area contributed by atoms with Gasteiger partial charge in [-0.1, -0.05) is 32.5 Å². The number of nitrogens with zero attached hydrogens (tertiary/aromatic N) is 8. The van der Waals surface area contributed by atoms with Crippen LogP contribution in [0.3, 0.4) is 0 Å². The highest BCUT2D eigenvalue weighted by molar-refractivity contribution is 7.99. The summed E-state index contributed by atoms with van der Waals surface area (Å²) in [4.78, 5) is 14.9. The Morgan fingerprint density at radius 2 is 1.80 bits per heavy atom. The van der Waals surface area contributed by atoms with Crippen LogP contribution in [0.2, 0.25) is 0 Å². The van der Waals surface area contributed by atoms with Crippen LogP contribution in [-0.2, 0) is 19.5 Å². The van der Waals surface area contributed by atoms with Crippen molar-refractivity contribution in [3.63, 3.8) is 0 Å². The average Bonchev–Trinajstić information content (AvgIpc) is 3.52. The van der Waals surface area contributed by atoms with Crippen molar-refractivity contribution in [3.8, 4) is 11.5 Å². The fourth-order valence-electron chi connectivity index (χ4n) is 4.53. The summed E-state index contributed by atoms with van der Waals surface area (Å²) < 4.78 is 4.18. The molecule has 3 aromatic heterocycles. The number of aromatic nitrogens is 6. The lowest BCUT2D eigenvalue weighted by Crippen LogP contribution is -2.47. The summed E-state index contributed by atoms with van der Waals surface area (Å²) in [5.41, 5.74) is 2.31. The topological polar surface area (TPSA) is 67.9 Å². The molecule has 1 aliphatic heterocycles. The maximum absolute atomic E-state index is 4.98. The molecule has 1 saturated heterocycles. The van der Waals surface area contributed by atoms with Crippen LogP contribution in [0.15, 0.2) is 29.6 Å². The van der Waals surface area contributed by atoms with Crippen LogP contribution >= 0.6 is 11.8 Å². The van der Waals surface area contributed by atoms with E-state index in [2.05, 4.69) is 69.1 Å². The second-order valence-electron chi connectivity index (χ2n) is 10.9. The molecule has 2 fully saturated rings. The fourth-order valence-corrected chi connectivity index (χ4v) is 5.37. The first-order valence-electron chi connectivity index (χ1n) is 12.8. The Hall–Kier alpha value is -2.39. The zero-order valence-corrected chi connectivity index (χ0v) is 22.6. The van der Waals surface area contributed by atoms with Gasteiger partial charge in [-0.05, 0) is 37.9 Å².